The van der Waals surface area contributed by atoms with Gasteiger partial charge in [-0.05, 0) is 18.2 Å². The molecule has 1 heterocycles. The summed E-state index contributed by atoms with van der Waals surface area (Å²) in [6.45, 7) is 2.66. The number of fused-ring (bicyclic) bond motifs is 1. The third-order valence-corrected chi connectivity index (χ3v) is 5.61. The van der Waals surface area contributed by atoms with Crippen LogP contribution in [0.3, 0.4) is 0 Å². The average Bonchev–Trinajstić information content (AvgIpc) is 2.50. The lowest BCUT2D eigenvalue weighted by Gasteiger charge is -2.30. The topological polar surface area (TPSA) is 92.9 Å². The van der Waals surface area contributed by atoms with Gasteiger partial charge in [0, 0.05) is 37.8 Å². The maximum Gasteiger partial charge on any atom is 0.226 e. The molecule has 1 aliphatic heterocycles. The van der Waals surface area contributed by atoms with Gasteiger partial charge in [0.1, 0.15) is 11.9 Å². The molecule has 1 aliphatic rings. The lowest BCUT2D eigenvalue weighted by Crippen LogP contribution is -2.43. The van der Waals surface area contributed by atoms with E-state index in [-0.39, 0.29) is 30.9 Å². The number of nitrogens with zero attached hydrogens (tertiary/aromatic N) is 2. The van der Waals surface area contributed by atoms with Crippen LogP contribution in [-0.2, 0) is 21.2 Å². The fourth-order valence-corrected chi connectivity index (χ4v) is 3.10. The molecule has 0 saturated carbocycles. The molecule has 0 spiro atoms. The van der Waals surface area contributed by atoms with Crippen LogP contribution in [0.15, 0.2) is 18.2 Å². The van der Waals surface area contributed by atoms with Gasteiger partial charge >= 0.3 is 0 Å². The monoisotopic (exact) mass is 355 g/mol. The van der Waals surface area contributed by atoms with Crippen molar-refractivity contribution >= 4 is 21.6 Å². The molecule has 2 rings (SSSR count). The van der Waals surface area contributed by atoms with E-state index < -0.39 is 10.0 Å². The molecule has 134 valence electrons. The molecule has 2 atom stereocenters. The van der Waals surface area contributed by atoms with Crippen molar-refractivity contribution in [3.63, 3.8) is 0 Å². The molecule has 1 amide bonds. The summed E-state index contributed by atoms with van der Waals surface area (Å²) in [5.74, 6) is 0.521. The molecule has 0 radical (unpaired) electrons. The van der Waals surface area contributed by atoms with E-state index in [0.29, 0.717) is 23.5 Å². The van der Waals surface area contributed by atoms with Crippen LogP contribution in [-0.4, -0.2) is 63.1 Å². The highest BCUT2D eigenvalue weighted by molar-refractivity contribution is 7.88. The van der Waals surface area contributed by atoms with E-state index in [1.807, 2.05) is 6.92 Å². The summed E-state index contributed by atoms with van der Waals surface area (Å²) in [5.41, 5.74) is 7.10. The second-order valence-corrected chi connectivity index (χ2v) is 8.58. The normalized spacial score (nSPS) is 22.4. The number of rotatable bonds is 3. The van der Waals surface area contributed by atoms with Crippen molar-refractivity contribution in [2.75, 3.05) is 39.2 Å². The number of ether oxygens (including phenoxy) is 1. The highest BCUT2D eigenvalue weighted by Crippen LogP contribution is 2.27. The van der Waals surface area contributed by atoms with E-state index in [2.05, 4.69) is 0 Å². The van der Waals surface area contributed by atoms with Crippen LogP contribution in [0.5, 0.6) is 5.75 Å². The van der Waals surface area contributed by atoms with E-state index in [9.17, 15) is 13.2 Å². The Morgan fingerprint density at radius 2 is 2.08 bits per heavy atom. The zero-order chi connectivity index (χ0) is 18.1. The minimum atomic E-state index is -3.31. The van der Waals surface area contributed by atoms with Gasteiger partial charge in [-0.3, -0.25) is 4.79 Å². The lowest BCUT2D eigenvalue weighted by molar-refractivity contribution is -0.129. The summed E-state index contributed by atoms with van der Waals surface area (Å²) in [5, 5.41) is 0. The van der Waals surface area contributed by atoms with Crippen molar-refractivity contribution in [3.05, 3.63) is 23.8 Å². The number of anilines is 1. The predicted octanol–water partition coefficient (Wildman–Crippen LogP) is 0.558. The second-order valence-electron chi connectivity index (χ2n) is 6.50. The molecule has 24 heavy (non-hydrogen) atoms. The number of benzene rings is 1. The zero-order valence-electron chi connectivity index (χ0n) is 14.5. The van der Waals surface area contributed by atoms with Crippen molar-refractivity contribution in [1.29, 1.82) is 0 Å². The summed E-state index contributed by atoms with van der Waals surface area (Å²) in [7, 11) is -0.0432. The fourth-order valence-electron chi connectivity index (χ4n) is 2.69. The predicted molar refractivity (Wildman–Crippen MR) is 93.2 cm³/mol. The number of nitrogen functional groups attached to an aromatic ring is 1. The van der Waals surface area contributed by atoms with Gasteiger partial charge in [-0.25, -0.2) is 12.7 Å². The van der Waals surface area contributed by atoms with Gasteiger partial charge in [0.05, 0.1) is 19.2 Å². The van der Waals surface area contributed by atoms with E-state index in [4.69, 9.17) is 10.5 Å². The maximum atomic E-state index is 12.4. The number of carbonyl (C=O) groups excluding carboxylic acids is 1. The molecule has 0 saturated heterocycles. The van der Waals surface area contributed by atoms with E-state index in [1.54, 1.807) is 30.1 Å². The molecule has 8 heteroatoms. The highest BCUT2D eigenvalue weighted by atomic mass is 32.2. The van der Waals surface area contributed by atoms with Gasteiger partial charge in [-0.1, -0.05) is 6.92 Å². The van der Waals surface area contributed by atoms with Crippen LogP contribution in [0.1, 0.15) is 12.5 Å². The molecule has 0 unspecified atom stereocenters. The Balaban J connectivity index is 2.37. The Morgan fingerprint density at radius 1 is 1.42 bits per heavy atom. The quantitative estimate of drug-likeness (QED) is 0.800. The standard InChI is InChI=1S/C16H25N3O4S/c1-11-9-18(2)16(20)8-12-7-13(17)5-6-14(12)23-15(11)10-19(3)24(4,21)22/h5-7,11,15H,8-10,17H2,1-4H3/t11-,15+/m0/s1. The summed E-state index contributed by atoms with van der Waals surface area (Å²) >= 11 is 0. The molecule has 1 aromatic carbocycles. The first-order valence-corrected chi connectivity index (χ1v) is 9.63. The molecule has 2 N–H and O–H groups in total. The van der Waals surface area contributed by atoms with Crippen molar-refractivity contribution in [3.8, 4) is 5.75 Å². The number of carbonyl (C=O) groups is 1. The smallest absolute Gasteiger partial charge is 0.226 e. The van der Waals surface area contributed by atoms with Crippen LogP contribution in [0.25, 0.3) is 0 Å². The first-order valence-electron chi connectivity index (χ1n) is 7.78. The van der Waals surface area contributed by atoms with E-state index in [1.165, 1.54) is 11.4 Å². The second kappa shape index (κ2) is 6.98. The lowest BCUT2D eigenvalue weighted by atomic mass is 10.0. The van der Waals surface area contributed by atoms with Crippen LogP contribution in [0, 0.1) is 5.92 Å². The van der Waals surface area contributed by atoms with Gasteiger partial charge in [-0.15, -0.1) is 0 Å². The molecule has 0 aromatic heterocycles. The SMILES string of the molecule is C[C@H]1CN(C)C(=O)Cc2cc(N)ccc2O[C@@H]1CN(C)S(C)(=O)=O. The number of sulfonamides is 1. The highest BCUT2D eigenvalue weighted by Gasteiger charge is 2.29. The van der Waals surface area contributed by atoms with Gasteiger partial charge in [0.2, 0.25) is 15.9 Å². The molecule has 7 nitrogen and oxygen atoms in total. The van der Waals surface area contributed by atoms with Crippen molar-refractivity contribution in [1.82, 2.24) is 9.21 Å². The van der Waals surface area contributed by atoms with Crippen molar-refractivity contribution in [2.24, 2.45) is 5.92 Å². The maximum absolute atomic E-state index is 12.4. The van der Waals surface area contributed by atoms with Crippen LogP contribution in [0.4, 0.5) is 5.69 Å². The summed E-state index contributed by atoms with van der Waals surface area (Å²) in [6, 6.07) is 5.19. The minimum absolute atomic E-state index is 0.0191. The van der Waals surface area contributed by atoms with Gasteiger partial charge < -0.3 is 15.4 Å². The molecule has 0 aliphatic carbocycles. The van der Waals surface area contributed by atoms with Gasteiger partial charge in [0.25, 0.3) is 0 Å². The zero-order valence-corrected chi connectivity index (χ0v) is 15.3. The number of hydrogen-bond donors (Lipinski definition) is 1. The molecule has 0 fully saturated rings. The Labute approximate surface area is 143 Å². The van der Waals surface area contributed by atoms with Crippen molar-refractivity contribution in [2.45, 2.75) is 19.4 Å². The summed E-state index contributed by atoms with van der Waals surface area (Å²) in [6.07, 6.45) is 0.996. The Kier molecular flexibility index (Phi) is 5.39. The number of hydrogen-bond acceptors (Lipinski definition) is 5. The van der Waals surface area contributed by atoms with E-state index >= 15 is 0 Å². The Bertz CT molecular complexity index is 720. The number of amides is 1. The summed E-state index contributed by atoms with van der Waals surface area (Å²) < 4.78 is 30.8. The van der Waals surface area contributed by atoms with Gasteiger partial charge in [-0.2, -0.15) is 0 Å². The molecule has 1 aromatic rings. The van der Waals surface area contributed by atoms with Crippen LogP contribution in [0.2, 0.25) is 0 Å². The first-order chi connectivity index (χ1) is 11.1. The fraction of sp³-hybridized carbons (Fsp3) is 0.562. The number of likely N-dealkylation sites (N-methyl/N-ethyl adjacent to an activating group) is 2. The Morgan fingerprint density at radius 3 is 2.71 bits per heavy atom. The largest absolute Gasteiger partial charge is 0.488 e. The Hall–Kier alpha value is -1.80. The first kappa shape index (κ1) is 18.5. The van der Waals surface area contributed by atoms with Crippen LogP contribution >= 0.6 is 0 Å². The van der Waals surface area contributed by atoms with E-state index in [0.717, 1.165) is 6.26 Å². The van der Waals surface area contributed by atoms with Crippen LogP contribution < -0.4 is 10.5 Å². The third kappa shape index (κ3) is 4.39. The molecule has 0 bridgehead atoms. The third-order valence-electron chi connectivity index (χ3n) is 4.33. The average molecular weight is 355 g/mol. The van der Waals surface area contributed by atoms with Gasteiger partial charge in [0.15, 0.2) is 0 Å². The summed E-state index contributed by atoms with van der Waals surface area (Å²) in [4.78, 5) is 14.0. The number of nitrogens with two attached hydrogens (primary N) is 1. The minimum Gasteiger partial charge on any atom is -0.488 e. The molecular formula is C16H25N3O4S. The van der Waals surface area contributed by atoms with Crippen molar-refractivity contribution < 1.29 is 17.9 Å². The molecular weight excluding hydrogens is 330 g/mol.